The summed E-state index contributed by atoms with van der Waals surface area (Å²) in [4.78, 5) is 10.9. The summed E-state index contributed by atoms with van der Waals surface area (Å²) in [5.41, 5.74) is 0.748. The Hall–Kier alpha value is -2.26. The number of carbonyl (C=O) groups excluding carboxylic acids is 1. The molecule has 0 aliphatic heterocycles. The lowest BCUT2D eigenvalue weighted by molar-refractivity contribution is -0.0209. The molecule has 0 saturated heterocycles. The van der Waals surface area contributed by atoms with Crippen LogP contribution >= 0.6 is 0 Å². The average Bonchev–Trinajstić information content (AvgIpc) is 2.50. The second-order valence-corrected chi connectivity index (χ2v) is 4.80. The monoisotopic (exact) mass is 292 g/mol. The van der Waals surface area contributed by atoms with Crippen LogP contribution in [-0.2, 0) is 15.1 Å². The normalized spacial score (nSPS) is 10.6. The second kappa shape index (κ2) is 7.50. The van der Waals surface area contributed by atoms with Crippen molar-refractivity contribution in [3.8, 4) is 11.8 Å². The van der Waals surface area contributed by atoms with Crippen molar-refractivity contribution in [2.24, 2.45) is 0 Å². The molecule has 0 radical (unpaired) electrons. The topological polar surface area (TPSA) is 80.6 Å². The highest BCUT2D eigenvalue weighted by Crippen LogP contribution is 2.33. The Morgan fingerprint density at radius 2 is 2.10 bits per heavy atom. The lowest BCUT2D eigenvalue weighted by Gasteiger charge is -2.27. The maximum Gasteiger partial charge on any atom is 0.406 e. The Bertz CT molecular complexity index is 535. The SMILES string of the molecule is COC(=O)NCCOC(C)(C)c1ccc(C#N)cc1OC. The molecule has 0 unspecified atom stereocenters. The van der Waals surface area contributed by atoms with Gasteiger partial charge in [-0.05, 0) is 26.0 Å². The van der Waals surface area contributed by atoms with Crippen LogP contribution in [0.15, 0.2) is 18.2 Å². The maximum absolute atomic E-state index is 10.9. The highest BCUT2D eigenvalue weighted by atomic mass is 16.5. The van der Waals surface area contributed by atoms with Gasteiger partial charge in [0.15, 0.2) is 0 Å². The molecule has 1 N–H and O–H groups in total. The third-order valence-corrected chi connectivity index (χ3v) is 3.00. The second-order valence-electron chi connectivity index (χ2n) is 4.80. The van der Waals surface area contributed by atoms with E-state index in [9.17, 15) is 4.79 Å². The van der Waals surface area contributed by atoms with Crippen molar-refractivity contribution >= 4 is 6.09 Å². The van der Waals surface area contributed by atoms with Crippen LogP contribution in [0.1, 0.15) is 25.0 Å². The van der Waals surface area contributed by atoms with Crippen molar-refractivity contribution in [1.29, 1.82) is 5.26 Å². The summed E-state index contributed by atoms with van der Waals surface area (Å²) in [6.07, 6.45) is -0.493. The smallest absolute Gasteiger partial charge is 0.406 e. The van der Waals surface area contributed by atoms with Crippen LogP contribution in [0.3, 0.4) is 0 Å². The molecule has 6 nitrogen and oxygen atoms in total. The van der Waals surface area contributed by atoms with E-state index in [0.717, 1.165) is 5.56 Å². The minimum Gasteiger partial charge on any atom is -0.496 e. The van der Waals surface area contributed by atoms with Gasteiger partial charge in [-0.15, -0.1) is 0 Å². The highest BCUT2D eigenvalue weighted by molar-refractivity contribution is 5.66. The first-order chi connectivity index (χ1) is 9.94. The summed E-state index contributed by atoms with van der Waals surface area (Å²) >= 11 is 0. The van der Waals surface area contributed by atoms with Crippen molar-refractivity contribution in [1.82, 2.24) is 5.32 Å². The van der Waals surface area contributed by atoms with Gasteiger partial charge in [-0.2, -0.15) is 5.26 Å². The Morgan fingerprint density at radius 3 is 2.67 bits per heavy atom. The van der Waals surface area contributed by atoms with Crippen LogP contribution in [0.2, 0.25) is 0 Å². The molecule has 0 saturated carbocycles. The molecular formula is C15H20N2O4. The summed E-state index contributed by atoms with van der Waals surface area (Å²) < 4.78 is 15.6. The molecule has 1 aromatic rings. The van der Waals surface area contributed by atoms with Gasteiger partial charge >= 0.3 is 6.09 Å². The predicted molar refractivity (Wildman–Crippen MR) is 77.1 cm³/mol. The fraction of sp³-hybridized carbons (Fsp3) is 0.467. The molecule has 0 aliphatic carbocycles. The molecule has 1 aromatic carbocycles. The number of rotatable bonds is 6. The van der Waals surface area contributed by atoms with Crippen molar-refractivity contribution < 1.29 is 19.0 Å². The zero-order valence-corrected chi connectivity index (χ0v) is 12.7. The molecule has 0 spiro atoms. The molecule has 6 heteroatoms. The molecule has 0 fully saturated rings. The zero-order valence-electron chi connectivity index (χ0n) is 12.7. The molecule has 21 heavy (non-hydrogen) atoms. The first-order valence-corrected chi connectivity index (χ1v) is 6.49. The largest absolute Gasteiger partial charge is 0.496 e. The third kappa shape index (κ3) is 4.65. The average molecular weight is 292 g/mol. The molecule has 0 atom stereocenters. The molecule has 1 rings (SSSR count). The summed E-state index contributed by atoms with van der Waals surface area (Å²) in [6, 6.07) is 7.27. The number of carbonyl (C=O) groups is 1. The van der Waals surface area contributed by atoms with E-state index in [1.807, 2.05) is 19.9 Å². The Morgan fingerprint density at radius 1 is 1.38 bits per heavy atom. The van der Waals surface area contributed by atoms with Crippen molar-refractivity contribution in [2.75, 3.05) is 27.4 Å². The first kappa shape index (κ1) is 16.8. The maximum atomic E-state index is 10.9. The zero-order chi connectivity index (χ0) is 15.9. The van der Waals surface area contributed by atoms with Crippen LogP contribution in [0.5, 0.6) is 5.75 Å². The van der Waals surface area contributed by atoms with Crippen molar-refractivity contribution in [2.45, 2.75) is 19.4 Å². The van der Waals surface area contributed by atoms with Gasteiger partial charge in [0.2, 0.25) is 0 Å². The van der Waals surface area contributed by atoms with Gasteiger partial charge < -0.3 is 19.5 Å². The van der Waals surface area contributed by atoms with E-state index >= 15 is 0 Å². The Labute approximate surface area is 124 Å². The minimum atomic E-state index is -0.614. The number of amides is 1. The van der Waals surface area contributed by atoms with E-state index in [-0.39, 0.29) is 0 Å². The van der Waals surface area contributed by atoms with E-state index in [4.69, 9.17) is 14.7 Å². The minimum absolute atomic E-state index is 0.325. The third-order valence-electron chi connectivity index (χ3n) is 3.00. The number of benzene rings is 1. The molecule has 0 bridgehead atoms. The number of nitrogens with zero attached hydrogens (tertiary/aromatic N) is 1. The lowest BCUT2D eigenvalue weighted by atomic mass is 9.95. The highest BCUT2D eigenvalue weighted by Gasteiger charge is 2.25. The standard InChI is InChI=1S/C15H20N2O4/c1-15(2,21-8-7-17-14(18)20-4)12-6-5-11(10-16)9-13(12)19-3/h5-6,9H,7-8H2,1-4H3,(H,17,18). The molecule has 0 aromatic heterocycles. The van der Waals surface area contributed by atoms with E-state index in [1.54, 1.807) is 19.2 Å². The number of alkyl carbamates (subject to hydrolysis) is 1. The number of nitrogens with one attached hydrogen (secondary N) is 1. The van der Waals surface area contributed by atoms with Crippen molar-refractivity contribution in [3.63, 3.8) is 0 Å². The van der Waals surface area contributed by atoms with Gasteiger partial charge in [0.05, 0.1) is 38.1 Å². The lowest BCUT2D eigenvalue weighted by Crippen LogP contribution is -2.31. The van der Waals surface area contributed by atoms with Crippen LogP contribution in [0.25, 0.3) is 0 Å². The van der Waals surface area contributed by atoms with E-state index in [2.05, 4.69) is 16.1 Å². The number of nitriles is 1. The van der Waals surface area contributed by atoms with Gasteiger partial charge in [0, 0.05) is 12.1 Å². The molecule has 0 aliphatic rings. The van der Waals surface area contributed by atoms with Gasteiger partial charge in [-0.25, -0.2) is 4.79 Å². The molecule has 114 valence electrons. The van der Waals surface area contributed by atoms with E-state index in [1.165, 1.54) is 7.11 Å². The van der Waals surface area contributed by atoms with Gasteiger partial charge in [-0.1, -0.05) is 6.07 Å². The number of hydrogen-bond acceptors (Lipinski definition) is 5. The molecular weight excluding hydrogens is 272 g/mol. The number of hydrogen-bond donors (Lipinski definition) is 1. The van der Waals surface area contributed by atoms with Gasteiger partial charge in [0.1, 0.15) is 5.75 Å². The van der Waals surface area contributed by atoms with Crippen LogP contribution < -0.4 is 10.1 Å². The van der Waals surface area contributed by atoms with E-state index < -0.39 is 11.7 Å². The first-order valence-electron chi connectivity index (χ1n) is 6.49. The quantitative estimate of drug-likeness (QED) is 0.813. The molecule has 1 amide bonds. The summed E-state index contributed by atoms with van der Waals surface area (Å²) in [6.45, 7) is 4.46. The van der Waals surface area contributed by atoms with Crippen LogP contribution in [0, 0.1) is 11.3 Å². The van der Waals surface area contributed by atoms with Crippen LogP contribution in [0.4, 0.5) is 4.79 Å². The van der Waals surface area contributed by atoms with Crippen molar-refractivity contribution in [3.05, 3.63) is 29.3 Å². The number of ether oxygens (including phenoxy) is 3. The Kier molecular flexibility index (Phi) is 6.00. The van der Waals surface area contributed by atoms with Gasteiger partial charge in [-0.3, -0.25) is 0 Å². The Balaban J connectivity index is 2.73. The predicted octanol–water partition coefficient (Wildman–Crippen LogP) is 2.17. The van der Waals surface area contributed by atoms with Gasteiger partial charge in [0.25, 0.3) is 0 Å². The molecule has 0 heterocycles. The summed E-state index contributed by atoms with van der Waals surface area (Å²) in [7, 11) is 2.86. The van der Waals surface area contributed by atoms with E-state index in [0.29, 0.717) is 24.5 Å². The fourth-order valence-corrected chi connectivity index (χ4v) is 1.87. The summed E-state index contributed by atoms with van der Waals surface area (Å²) in [5, 5.41) is 11.5. The fourth-order valence-electron chi connectivity index (χ4n) is 1.87. The summed E-state index contributed by atoms with van der Waals surface area (Å²) in [5.74, 6) is 0.597. The number of methoxy groups -OCH3 is 2. The van der Waals surface area contributed by atoms with Crippen LogP contribution in [-0.4, -0.2) is 33.5 Å².